The van der Waals surface area contributed by atoms with E-state index in [0.717, 1.165) is 25.3 Å². The molecule has 0 amide bonds. The summed E-state index contributed by atoms with van der Waals surface area (Å²) in [5.41, 5.74) is -1.72. The van der Waals surface area contributed by atoms with Crippen LogP contribution in [0, 0.1) is 16.7 Å². The van der Waals surface area contributed by atoms with Crippen molar-refractivity contribution in [2.24, 2.45) is 5.41 Å². The zero-order valence-corrected chi connectivity index (χ0v) is 22.6. The Hall–Kier alpha value is -2.65. The monoisotopic (exact) mass is 566 g/mol. The number of hydrogen-bond acceptors (Lipinski definition) is 8. The summed E-state index contributed by atoms with van der Waals surface area (Å²) in [6, 6.07) is 9.84. The predicted molar refractivity (Wildman–Crippen MR) is 143 cm³/mol. The molecule has 8 nitrogen and oxygen atoms in total. The molecule has 2 aromatic heterocycles. The Morgan fingerprint density at radius 3 is 2.51 bits per heavy atom. The Morgan fingerprint density at radius 2 is 1.85 bits per heavy atom. The minimum Gasteiger partial charge on any atom is -0.381 e. The number of nitrogens with one attached hydrogen (secondary N) is 3. The number of rotatable bonds is 9. The molecule has 2 aromatic rings. The second-order valence-electron chi connectivity index (χ2n) is 10.7. The van der Waals surface area contributed by atoms with E-state index >= 15 is 0 Å². The number of anilines is 2. The number of aliphatic hydroxyl groups is 1. The third-order valence-corrected chi connectivity index (χ3v) is 7.91. The van der Waals surface area contributed by atoms with Crippen molar-refractivity contribution in [1.82, 2.24) is 15.3 Å². The summed E-state index contributed by atoms with van der Waals surface area (Å²) in [6.45, 7) is 1.80. The number of nitrogens with zero attached hydrogens (tertiary/aromatic N) is 3. The van der Waals surface area contributed by atoms with Gasteiger partial charge in [0.25, 0.3) is 0 Å². The molecule has 1 atom stereocenters. The van der Waals surface area contributed by atoms with Crippen LogP contribution in [0.4, 0.5) is 24.8 Å². The van der Waals surface area contributed by atoms with Crippen LogP contribution in [-0.2, 0) is 4.74 Å². The number of ether oxygens (including phenoxy) is 1. The average Bonchev–Trinajstić information content (AvgIpc) is 2.92. The molecular weight excluding hydrogens is 533 g/mol. The van der Waals surface area contributed by atoms with Crippen LogP contribution in [0.3, 0.4) is 0 Å². The number of aromatic nitrogens is 2. The highest BCUT2D eigenvalue weighted by Gasteiger charge is 2.49. The molecule has 0 aromatic carbocycles. The zero-order valence-electron chi connectivity index (χ0n) is 21.8. The Balaban J connectivity index is 1.34. The van der Waals surface area contributed by atoms with Gasteiger partial charge >= 0.3 is 6.18 Å². The second-order valence-corrected chi connectivity index (χ2v) is 11.1. The van der Waals surface area contributed by atoms with E-state index in [1.807, 2.05) is 18.2 Å². The molecule has 1 aliphatic heterocycles. The molecule has 0 spiro atoms. The lowest BCUT2D eigenvalue weighted by atomic mass is 9.82. The topological polar surface area (TPSA) is 115 Å². The summed E-state index contributed by atoms with van der Waals surface area (Å²) in [7, 11) is 0. The van der Waals surface area contributed by atoms with E-state index in [0.29, 0.717) is 67.8 Å². The average molecular weight is 567 g/mol. The first-order valence-corrected chi connectivity index (χ1v) is 13.5. The Kier molecular flexibility index (Phi) is 9.21. The van der Waals surface area contributed by atoms with Crippen molar-refractivity contribution in [3.63, 3.8) is 0 Å². The van der Waals surface area contributed by atoms with Gasteiger partial charge in [-0.2, -0.15) is 18.4 Å². The molecule has 1 unspecified atom stereocenters. The van der Waals surface area contributed by atoms with Gasteiger partial charge in [-0.15, -0.1) is 0 Å². The van der Waals surface area contributed by atoms with Crippen LogP contribution in [0.15, 0.2) is 30.5 Å². The first-order valence-electron chi connectivity index (χ1n) is 13.2. The summed E-state index contributed by atoms with van der Waals surface area (Å²) >= 11 is 6.40. The fourth-order valence-corrected chi connectivity index (χ4v) is 5.01. The SMILES string of the molecule is CC(O)(CN[C@H]1CC[C@H](Nc2cc(-c3ccc(Cl)c(NCC4(C#N)CCOCC4)n3)ccn2)CC1)C(F)(F)F. The number of halogens is 4. The van der Waals surface area contributed by atoms with E-state index in [4.69, 9.17) is 21.3 Å². The summed E-state index contributed by atoms with van der Waals surface area (Å²) in [4.78, 5) is 9.13. The van der Waals surface area contributed by atoms with Crippen molar-refractivity contribution in [2.45, 2.75) is 69.3 Å². The molecule has 1 saturated carbocycles. The van der Waals surface area contributed by atoms with Gasteiger partial charge in [-0.3, -0.25) is 0 Å². The van der Waals surface area contributed by atoms with Gasteiger partial charge in [0.1, 0.15) is 11.6 Å². The highest BCUT2D eigenvalue weighted by Crippen LogP contribution is 2.33. The Morgan fingerprint density at radius 1 is 1.15 bits per heavy atom. The molecular formula is C27H34ClF3N6O2. The molecule has 2 aliphatic rings. The summed E-state index contributed by atoms with van der Waals surface area (Å²) in [6.07, 6.45) is 1.23. The highest BCUT2D eigenvalue weighted by atomic mass is 35.5. The van der Waals surface area contributed by atoms with Crippen molar-refractivity contribution >= 4 is 23.2 Å². The summed E-state index contributed by atoms with van der Waals surface area (Å²) in [5.74, 6) is 1.19. The fraction of sp³-hybridized carbons (Fsp3) is 0.593. The van der Waals surface area contributed by atoms with Crippen molar-refractivity contribution < 1.29 is 23.0 Å². The van der Waals surface area contributed by atoms with Crippen LogP contribution in [-0.4, -0.2) is 65.2 Å². The van der Waals surface area contributed by atoms with Crippen LogP contribution < -0.4 is 16.0 Å². The van der Waals surface area contributed by atoms with Gasteiger partial charge in [0.05, 0.1) is 22.2 Å². The van der Waals surface area contributed by atoms with Gasteiger partial charge in [-0.05, 0) is 69.7 Å². The lowest BCUT2D eigenvalue weighted by molar-refractivity contribution is -0.250. The Labute approximate surface area is 231 Å². The third kappa shape index (κ3) is 7.51. The third-order valence-electron chi connectivity index (χ3n) is 7.61. The van der Waals surface area contributed by atoms with Crippen LogP contribution in [0.1, 0.15) is 45.4 Å². The molecule has 1 saturated heterocycles. The van der Waals surface area contributed by atoms with E-state index < -0.39 is 23.7 Å². The summed E-state index contributed by atoms with van der Waals surface area (Å²) < 4.78 is 44.1. The van der Waals surface area contributed by atoms with E-state index in [9.17, 15) is 23.5 Å². The van der Waals surface area contributed by atoms with E-state index in [1.165, 1.54) is 0 Å². The van der Waals surface area contributed by atoms with Gasteiger partial charge in [-0.25, -0.2) is 9.97 Å². The van der Waals surface area contributed by atoms with Crippen molar-refractivity contribution in [1.29, 1.82) is 5.26 Å². The minimum absolute atomic E-state index is 0.0818. The normalized spacial score (nSPS) is 22.9. The molecule has 4 N–H and O–H groups in total. The first kappa shape index (κ1) is 29.3. The standard InChI is InChI=1S/C27H34ClF3N6O2/c1-25(38,27(29,30)31)16-34-19-2-4-20(5-3-19)36-23-14-18(8-11-33-23)22-7-6-21(28)24(37-22)35-17-26(15-32)9-12-39-13-10-26/h6-8,11,14,19-20,34,38H,2-5,9-10,12-13,16-17H2,1H3,(H,33,36)(H,35,37)/t19-,20-,25?. The van der Waals surface area contributed by atoms with Crippen LogP contribution in [0.25, 0.3) is 11.3 Å². The van der Waals surface area contributed by atoms with Crippen molar-refractivity contribution in [2.75, 3.05) is 36.9 Å². The molecule has 39 heavy (non-hydrogen) atoms. The first-order chi connectivity index (χ1) is 18.5. The quantitative estimate of drug-likeness (QED) is 0.329. The second kappa shape index (κ2) is 12.3. The molecule has 2 fully saturated rings. The molecule has 0 bridgehead atoms. The molecule has 0 radical (unpaired) electrons. The van der Waals surface area contributed by atoms with Gasteiger partial charge in [0.2, 0.25) is 0 Å². The Bertz CT molecular complexity index is 1160. The number of hydrogen-bond donors (Lipinski definition) is 4. The largest absolute Gasteiger partial charge is 0.418 e. The molecule has 4 rings (SSSR count). The van der Waals surface area contributed by atoms with E-state index in [1.54, 1.807) is 12.3 Å². The zero-order chi connectivity index (χ0) is 28.1. The van der Waals surface area contributed by atoms with Crippen LogP contribution in [0.2, 0.25) is 5.02 Å². The lowest BCUT2D eigenvalue weighted by Gasteiger charge is -2.33. The molecule has 212 valence electrons. The molecule has 1 aliphatic carbocycles. The number of pyridine rings is 2. The van der Waals surface area contributed by atoms with E-state index in [2.05, 4.69) is 27.0 Å². The van der Waals surface area contributed by atoms with Crippen molar-refractivity contribution in [3.05, 3.63) is 35.5 Å². The predicted octanol–water partition coefficient (Wildman–Crippen LogP) is 5.16. The van der Waals surface area contributed by atoms with Crippen LogP contribution in [0.5, 0.6) is 0 Å². The van der Waals surface area contributed by atoms with Crippen LogP contribution >= 0.6 is 11.6 Å². The minimum atomic E-state index is -4.67. The maximum absolute atomic E-state index is 12.9. The maximum Gasteiger partial charge on any atom is 0.418 e. The van der Waals surface area contributed by atoms with E-state index in [-0.39, 0.29) is 12.1 Å². The van der Waals surface area contributed by atoms with Gasteiger partial charge in [0, 0.05) is 50.1 Å². The number of alkyl halides is 3. The summed E-state index contributed by atoms with van der Waals surface area (Å²) in [5, 5.41) is 29.4. The van der Waals surface area contributed by atoms with Gasteiger partial charge < -0.3 is 25.8 Å². The smallest absolute Gasteiger partial charge is 0.381 e. The maximum atomic E-state index is 12.9. The fourth-order valence-electron chi connectivity index (χ4n) is 4.83. The molecule has 12 heteroatoms. The van der Waals surface area contributed by atoms with Gasteiger partial charge in [0.15, 0.2) is 5.60 Å². The lowest BCUT2D eigenvalue weighted by Crippen LogP contribution is -2.52. The van der Waals surface area contributed by atoms with Gasteiger partial charge in [-0.1, -0.05) is 11.6 Å². The van der Waals surface area contributed by atoms with Crippen molar-refractivity contribution in [3.8, 4) is 17.3 Å². The molecule has 3 heterocycles. The highest BCUT2D eigenvalue weighted by molar-refractivity contribution is 6.33. The number of nitriles is 1.